The van der Waals surface area contributed by atoms with Gasteiger partial charge in [-0.1, -0.05) is 24.3 Å². The van der Waals surface area contributed by atoms with Gasteiger partial charge in [-0.05, 0) is 23.9 Å². The summed E-state index contributed by atoms with van der Waals surface area (Å²) in [6, 6.07) is 10.0. The Morgan fingerprint density at radius 2 is 1.69 bits per heavy atom. The van der Waals surface area contributed by atoms with Gasteiger partial charge in [0.1, 0.15) is 0 Å². The lowest BCUT2D eigenvalue weighted by Gasteiger charge is -2.08. The lowest BCUT2D eigenvalue weighted by atomic mass is 10.0. The maximum Gasteiger partial charge on any atom is 0.0630 e. The zero-order valence-corrected chi connectivity index (χ0v) is 7.54. The van der Waals surface area contributed by atoms with Crippen LogP contribution in [0.4, 0.5) is 11.4 Å². The zero-order chi connectivity index (χ0) is 9.42. The van der Waals surface area contributed by atoms with Crippen LogP contribution < -0.4 is 11.5 Å². The molecule has 0 atom stereocenters. The van der Waals surface area contributed by atoms with Crippen molar-refractivity contribution in [1.82, 2.24) is 0 Å². The Morgan fingerprint density at radius 3 is 2.46 bits per heavy atom. The fourth-order valence-electron chi connectivity index (χ4n) is 1.54. The normalized spacial score (nSPS) is 10.5. The van der Waals surface area contributed by atoms with Crippen LogP contribution in [0.2, 0.25) is 0 Å². The maximum atomic E-state index is 5.89. The van der Waals surface area contributed by atoms with E-state index in [2.05, 4.69) is 6.07 Å². The molecule has 2 heteroatoms. The lowest BCUT2D eigenvalue weighted by Crippen LogP contribution is -1.98. The summed E-state index contributed by atoms with van der Waals surface area (Å²) in [6.07, 6.45) is 0. The third-order valence-electron chi connectivity index (χ3n) is 2.34. The van der Waals surface area contributed by atoms with Gasteiger partial charge < -0.3 is 11.5 Å². The molecular formula is C11H12N2. The molecule has 2 nitrogen and oxygen atoms in total. The van der Waals surface area contributed by atoms with Gasteiger partial charge in [-0.25, -0.2) is 0 Å². The summed E-state index contributed by atoms with van der Waals surface area (Å²) < 4.78 is 0. The highest BCUT2D eigenvalue weighted by molar-refractivity contribution is 5.99. The monoisotopic (exact) mass is 172 g/mol. The molecule has 0 saturated carbocycles. The van der Waals surface area contributed by atoms with Crippen molar-refractivity contribution in [1.29, 1.82) is 0 Å². The quantitative estimate of drug-likeness (QED) is 0.599. The van der Waals surface area contributed by atoms with Gasteiger partial charge in [-0.2, -0.15) is 0 Å². The summed E-state index contributed by atoms with van der Waals surface area (Å²) in [5.74, 6) is 0. The molecule has 0 unspecified atom stereocenters. The second-order valence-electron chi connectivity index (χ2n) is 3.24. The van der Waals surface area contributed by atoms with Gasteiger partial charge in [0.25, 0.3) is 0 Å². The first-order chi connectivity index (χ1) is 6.20. The van der Waals surface area contributed by atoms with Crippen molar-refractivity contribution in [2.75, 3.05) is 11.5 Å². The van der Waals surface area contributed by atoms with Gasteiger partial charge in [0.15, 0.2) is 0 Å². The van der Waals surface area contributed by atoms with Crippen LogP contribution in [0, 0.1) is 6.92 Å². The van der Waals surface area contributed by atoms with Crippen LogP contribution in [0.3, 0.4) is 0 Å². The molecule has 66 valence electrons. The Kier molecular flexibility index (Phi) is 1.62. The summed E-state index contributed by atoms with van der Waals surface area (Å²) in [5, 5.41) is 2.18. The first-order valence-corrected chi connectivity index (χ1v) is 4.23. The van der Waals surface area contributed by atoms with Crippen molar-refractivity contribution in [3.05, 3.63) is 35.9 Å². The number of benzene rings is 2. The Bertz CT molecular complexity index is 461. The number of rotatable bonds is 0. The molecular weight excluding hydrogens is 160 g/mol. The second kappa shape index (κ2) is 2.66. The van der Waals surface area contributed by atoms with Gasteiger partial charge in [0.2, 0.25) is 0 Å². The first-order valence-electron chi connectivity index (χ1n) is 4.23. The Labute approximate surface area is 77.2 Å². The van der Waals surface area contributed by atoms with E-state index in [4.69, 9.17) is 11.5 Å². The molecule has 0 aliphatic rings. The molecule has 0 saturated heterocycles. The summed E-state index contributed by atoms with van der Waals surface area (Å²) >= 11 is 0. The molecule has 0 aliphatic carbocycles. The van der Waals surface area contributed by atoms with Crippen molar-refractivity contribution in [3.63, 3.8) is 0 Å². The number of hydrogen-bond donors (Lipinski definition) is 2. The summed E-state index contributed by atoms with van der Waals surface area (Å²) in [5.41, 5.74) is 14.1. The minimum absolute atomic E-state index is 0.690. The van der Waals surface area contributed by atoms with Crippen LogP contribution in [-0.4, -0.2) is 0 Å². The Balaban J connectivity index is 2.94. The van der Waals surface area contributed by atoms with Crippen molar-refractivity contribution in [2.45, 2.75) is 6.92 Å². The molecule has 0 fully saturated rings. The lowest BCUT2D eigenvalue weighted by molar-refractivity contribution is 1.50. The van der Waals surface area contributed by atoms with Gasteiger partial charge in [0, 0.05) is 5.39 Å². The van der Waals surface area contributed by atoms with Crippen molar-refractivity contribution >= 4 is 22.1 Å². The number of aryl methyl sites for hydroxylation is 1. The van der Waals surface area contributed by atoms with E-state index in [1.807, 2.05) is 31.2 Å². The molecule has 0 amide bonds. The first kappa shape index (κ1) is 7.92. The van der Waals surface area contributed by atoms with E-state index >= 15 is 0 Å². The Morgan fingerprint density at radius 1 is 1.00 bits per heavy atom. The third kappa shape index (κ3) is 1.11. The smallest absolute Gasteiger partial charge is 0.0630 e. The van der Waals surface area contributed by atoms with E-state index in [9.17, 15) is 0 Å². The second-order valence-corrected chi connectivity index (χ2v) is 3.24. The molecule has 4 N–H and O–H groups in total. The maximum absolute atomic E-state index is 5.89. The van der Waals surface area contributed by atoms with Crippen LogP contribution in [-0.2, 0) is 0 Å². The zero-order valence-electron chi connectivity index (χ0n) is 7.54. The van der Waals surface area contributed by atoms with Crippen LogP contribution in [0.15, 0.2) is 30.3 Å². The number of nitrogens with two attached hydrogens (primary N) is 2. The molecule has 0 spiro atoms. The van der Waals surface area contributed by atoms with E-state index < -0.39 is 0 Å². The van der Waals surface area contributed by atoms with Crippen molar-refractivity contribution in [2.24, 2.45) is 0 Å². The molecule has 0 heterocycles. The fraction of sp³-hybridized carbons (Fsp3) is 0.0909. The molecule has 2 rings (SSSR count). The van der Waals surface area contributed by atoms with Crippen LogP contribution in [0.5, 0.6) is 0 Å². The predicted molar refractivity (Wildman–Crippen MR) is 57.5 cm³/mol. The minimum atomic E-state index is 0.690. The van der Waals surface area contributed by atoms with Crippen molar-refractivity contribution in [3.8, 4) is 0 Å². The predicted octanol–water partition coefficient (Wildman–Crippen LogP) is 2.31. The van der Waals surface area contributed by atoms with E-state index in [0.717, 1.165) is 16.3 Å². The molecule has 2 aromatic rings. The van der Waals surface area contributed by atoms with E-state index in [-0.39, 0.29) is 0 Å². The van der Waals surface area contributed by atoms with Gasteiger partial charge >= 0.3 is 0 Å². The highest BCUT2D eigenvalue weighted by Crippen LogP contribution is 2.29. The topological polar surface area (TPSA) is 52.0 Å². The molecule has 0 bridgehead atoms. The van der Waals surface area contributed by atoms with Crippen LogP contribution in [0.1, 0.15) is 5.56 Å². The third-order valence-corrected chi connectivity index (χ3v) is 2.34. The summed E-state index contributed by atoms with van der Waals surface area (Å²) in [6.45, 7) is 1.97. The van der Waals surface area contributed by atoms with E-state index in [1.54, 1.807) is 0 Å². The number of hydrogen-bond acceptors (Lipinski definition) is 2. The SMILES string of the molecule is Cc1cc2ccccc2c(N)c1N. The van der Waals surface area contributed by atoms with Gasteiger partial charge in [-0.3, -0.25) is 0 Å². The van der Waals surface area contributed by atoms with Crippen LogP contribution in [0.25, 0.3) is 10.8 Å². The number of fused-ring (bicyclic) bond motifs is 1. The highest BCUT2D eigenvalue weighted by Gasteiger charge is 2.03. The fourth-order valence-corrected chi connectivity index (χ4v) is 1.54. The molecule has 0 aromatic heterocycles. The van der Waals surface area contributed by atoms with Gasteiger partial charge in [0.05, 0.1) is 11.4 Å². The van der Waals surface area contributed by atoms with Gasteiger partial charge in [-0.15, -0.1) is 0 Å². The molecule has 2 aromatic carbocycles. The highest BCUT2D eigenvalue weighted by atomic mass is 14.7. The molecule has 13 heavy (non-hydrogen) atoms. The minimum Gasteiger partial charge on any atom is -0.397 e. The molecule has 0 aliphatic heterocycles. The van der Waals surface area contributed by atoms with E-state index in [1.165, 1.54) is 0 Å². The number of nitrogen functional groups attached to an aromatic ring is 2. The average Bonchev–Trinajstić information content (AvgIpc) is 2.15. The summed E-state index contributed by atoms with van der Waals surface area (Å²) in [4.78, 5) is 0. The average molecular weight is 172 g/mol. The largest absolute Gasteiger partial charge is 0.397 e. The van der Waals surface area contributed by atoms with Crippen molar-refractivity contribution < 1.29 is 0 Å². The van der Waals surface area contributed by atoms with E-state index in [0.29, 0.717) is 11.4 Å². The molecule has 0 radical (unpaired) electrons. The van der Waals surface area contributed by atoms with Crippen LogP contribution >= 0.6 is 0 Å². The number of anilines is 2. The summed E-state index contributed by atoms with van der Waals surface area (Å²) in [7, 11) is 0. The Hall–Kier alpha value is -1.70. The standard InChI is InChI=1S/C11H12N2/c1-7-6-8-4-2-3-5-9(8)11(13)10(7)12/h2-6H,12-13H2,1H3.